The second-order valence-electron chi connectivity index (χ2n) is 2.81. The van der Waals surface area contributed by atoms with Gasteiger partial charge in [-0.1, -0.05) is 19.8 Å². The Labute approximate surface area is 61.6 Å². The summed E-state index contributed by atoms with van der Waals surface area (Å²) in [7, 11) is 0. The van der Waals surface area contributed by atoms with Crippen LogP contribution in [0.5, 0.6) is 0 Å². The third-order valence-corrected chi connectivity index (χ3v) is 1.82. The van der Waals surface area contributed by atoms with Crippen molar-refractivity contribution < 1.29 is 9.53 Å². The highest BCUT2D eigenvalue weighted by Gasteiger charge is 2.26. The van der Waals surface area contributed by atoms with Crippen molar-refractivity contribution in [3.05, 3.63) is 0 Å². The van der Waals surface area contributed by atoms with Crippen LogP contribution in [0.1, 0.15) is 39.0 Å². The van der Waals surface area contributed by atoms with Crippen LogP contribution in [-0.2, 0) is 9.53 Å². The summed E-state index contributed by atoms with van der Waals surface area (Å²) in [4.78, 5) is 10.3. The molecule has 0 amide bonds. The van der Waals surface area contributed by atoms with Gasteiger partial charge in [0.05, 0.1) is 6.42 Å². The molecule has 0 aromatic rings. The van der Waals surface area contributed by atoms with E-state index in [4.69, 9.17) is 4.74 Å². The molecule has 1 atom stereocenters. The Morgan fingerprint density at radius 1 is 1.60 bits per heavy atom. The zero-order valence-corrected chi connectivity index (χ0v) is 6.43. The third-order valence-electron chi connectivity index (χ3n) is 1.82. The van der Waals surface area contributed by atoms with Crippen LogP contribution in [0, 0.1) is 0 Å². The first-order chi connectivity index (χ1) is 4.83. The average Bonchev–Trinajstić information content (AvgIpc) is 1.85. The first kappa shape index (κ1) is 7.58. The van der Waals surface area contributed by atoms with Gasteiger partial charge in [-0.3, -0.25) is 4.79 Å². The molecule has 2 nitrogen and oxygen atoms in total. The number of ether oxygens (including phenoxy) is 1. The number of carbonyl (C=O) groups is 1. The van der Waals surface area contributed by atoms with Gasteiger partial charge in [0.15, 0.2) is 0 Å². The lowest BCUT2D eigenvalue weighted by molar-refractivity contribution is -0.169. The van der Waals surface area contributed by atoms with E-state index in [2.05, 4.69) is 6.92 Å². The molecule has 58 valence electrons. The molecule has 0 N–H and O–H groups in total. The molecule has 0 aromatic heterocycles. The van der Waals surface area contributed by atoms with Crippen molar-refractivity contribution in [3.8, 4) is 0 Å². The van der Waals surface area contributed by atoms with Gasteiger partial charge in [-0.2, -0.15) is 0 Å². The van der Waals surface area contributed by atoms with E-state index in [1.54, 1.807) is 0 Å². The number of unbranched alkanes of at least 4 members (excludes halogenated alkanes) is 2. The summed E-state index contributed by atoms with van der Waals surface area (Å²) < 4.78 is 4.85. The summed E-state index contributed by atoms with van der Waals surface area (Å²) in [5.74, 6) is -0.0264. The molecule has 0 saturated carbocycles. The second kappa shape index (κ2) is 3.59. The van der Waals surface area contributed by atoms with E-state index in [0.717, 1.165) is 6.42 Å². The molecule has 0 spiro atoms. The molecule has 2 heteroatoms. The smallest absolute Gasteiger partial charge is 0.309 e. The topological polar surface area (TPSA) is 26.3 Å². The normalized spacial score (nSPS) is 23.7. The van der Waals surface area contributed by atoms with Crippen molar-refractivity contribution in [1.29, 1.82) is 0 Å². The quantitative estimate of drug-likeness (QED) is 0.442. The Bertz CT molecular complexity index is 112. The summed E-state index contributed by atoms with van der Waals surface area (Å²) in [6, 6.07) is 0. The summed E-state index contributed by atoms with van der Waals surface area (Å²) in [5, 5.41) is 0. The zero-order chi connectivity index (χ0) is 7.40. The monoisotopic (exact) mass is 142 g/mol. The number of cyclic esters (lactones) is 1. The van der Waals surface area contributed by atoms with Crippen LogP contribution in [0.4, 0.5) is 0 Å². The molecule has 0 aromatic carbocycles. The van der Waals surface area contributed by atoms with E-state index < -0.39 is 0 Å². The highest BCUT2D eigenvalue weighted by molar-refractivity contribution is 5.75. The summed E-state index contributed by atoms with van der Waals surface area (Å²) >= 11 is 0. The first-order valence-corrected chi connectivity index (χ1v) is 4.02. The maximum atomic E-state index is 10.3. The summed E-state index contributed by atoms with van der Waals surface area (Å²) in [6.45, 7) is 2.17. The minimum atomic E-state index is -0.0264. The van der Waals surface area contributed by atoms with E-state index >= 15 is 0 Å². The molecule has 1 aliphatic heterocycles. The standard InChI is InChI=1S/C8H14O2/c1-2-3-4-5-7-6-8(9)10-7/h7H,2-6H2,1H3. The maximum Gasteiger partial charge on any atom is 0.309 e. The van der Waals surface area contributed by atoms with E-state index in [0.29, 0.717) is 6.42 Å². The van der Waals surface area contributed by atoms with Crippen molar-refractivity contribution in [2.24, 2.45) is 0 Å². The molecular formula is C8H14O2. The van der Waals surface area contributed by atoms with Crippen LogP contribution in [0.2, 0.25) is 0 Å². The number of esters is 1. The van der Waals surface area contributed by atoms with Gasteiger partial charge in [0.2, 0.25) is 0 Å². The predicted molar refractivity (Wildman–Crippen MR) is 38.6 cm³/mol. The molecule has 0 radical (unpaired) electrons. The highest BCUT2D eigenvalue weighted by Crippen LogP contribution is 2.19. The predicted octanol–water partition coefficient (Wildman–Crippen LogP) is 1.88. The summed E-state index contributed by atoms with van der Waals surface area (Å²) in [6.07, 6.45) is 5.69. The van der Waals surface area contributed by atoms with Crippen LogP contribution < -0.4 is 0 Å². The van der Waals surface area contributed by atoms with Crippen molar-refractivity contribution >= 4 is 5.97 Å². The zero-order valence-electron chi connectivity index (χ0n) is 6.43. The van der Waals surface area contributed by atoms with Gasteiger partial charge in [-0.15, -0.1) is 0 Å². The highest BCUT2D eigenvalue weighted by atomic mass is 16.6. The van der Waals surface area contributed by atoms with Crippen LogP contribution >= 0.6 is 0 Å². The molecule has 1 saturated heterocycles. The van der Waals surface area contributed by atoms with Crippen LogP contribution in [0.25, 0.3) is 0 Å². The SMILES string of the molecule is CCCCCC1CC(=O)O1. The Morgan fingerprint density at radius 2 is 2.30 bits per heavy atom. The van der Waals surface area contributed by atoms with Crippen molar-refractivity contribution in [1.82, 2.24) is 0 Å². The van der Waals surface area contributed by atoms with Gasteiger partial charge >= 0.3 is 5.97 Å². The Balaban J connectivity index is 1.90. The number of rotatable bonds is 4. The summed E-state index contributed by atoms with van der Waals surface area (Å²) in [5.41, 5.74) is 0. The fourth-order valence-electron chi connectivity index (χ4n) is 1.15. The molecule has 1 unspecified atom stereocenters. The van der Waals surface area contributed by atoms with E-state index in [9.17, 15) is 4.79 Å². The minimum absolute atomic E-state index is 0.0264. The molecule has 10 heavy (non-hydrogen) atoms. The lowest BCUT2D eigenvalue weighted by atomic mass is 10.1. The van der Waals surface area contributed by atoms with Crippen molar-refractivity contribution in [3.63, 3.8) is 0 Å². The van der Waals surface area contributed by atoms with Crippen LogP contribution in [-0.4, -0.2) is 12.1 Å². The number of hydrogen-bond donors (Lipinski definition) is 0. The Kier molecular flexibility index (Phi) is 2.72. The van der Waals surface area contributed by atoms with Crippen LogP contribution in [0.15, 0.2) is 0 Å². The van der Waals surface area contributed by atoms with Crippen molar-refractivity contribution in [2.45, 2.75) is 45.1 Å². The molecule has 0 aliphatic carbocycles. The average molecular weight is 142 g/mol. The van der Waals surface area contributed by atoms with E-state index in [1.807, 2.05) is 0 Å². The van der Waals surface area contributed by atoms with E-state index in [-0.39, 0.29) is 12.1 Å². The van der Waals surface area contributed by atoms with Crippen molar-refractivity contribution in [2.75, 3.05) is 0 Å². The molecule has 1 rings (SSSR count). The molecule has 1 aliphatic rings. The number of carbonyl (C=O) groups excluding carboxylic acids is 1. The lowest BCUT2D eigenvalue weighted by Gasteiger charge is -2.25. The van der Waals surface area contributed by atoms with Gasteiger partial charge in [-0.05, 0) is 12.8 Å². The molecular weight excluding hydrogens is 128 g/mol. The van der Waals surface area contributed by atoms with Gasteiger partial charge in [0.25, 0.3) is 0 Å². The molecule has 0 bridgehead atoms. The first-order valence-electron chi connectivity index (χ1n) is 4.02. The van der Waals surface area contributed by atoms with Gasteiger partial charge in [-0.25, -0.2) is 0 Å². The molecule has 1 fully saturated rings. The van der Waals surface area contributed by atoms with E-state index in [1.165, 1.54) is 19.3 Å². The lowest BCUT2D eigenvalue weighted by Crippen LogP contribution is -2.32. The molecule has 1 heterocycles. The maximum absolute atomic E-state index is 10.3. The third kappa shape index (κ3) is 2.01. The number of hydrogen-bond acceptors (Lipinski definition) is 2. The minimum Gasteiger partial charge on any atom is -0.462 e. The fraction of sp³-hybridized carbons (Fsp3) is 0.875. The van der Waals surface area contributed by atoms with Gasteiger partial charge in [0.1, 0.15) is 6.10 Å². The Hall–Kier alpha value is -0.530. The fourth-order valence-corrected chi connectivity index (χ4v) is 1.15. The Morgan fingerprint density at radius 3 is 2.80 bits per heavy atom. The second-order valence-corrected chi connectivity index (χ2v) is 2.81. The van der Waals surface area contributed by atoms with Crippen LogP contribution in [0.3, 0.4) is 0 Å². The largest absolute Gasteiger partial charge is 0.462 e. The van der Waals surface area contributed by atoms with Gasteiger partial charge < -0.3 is 4.74 Å². The van der Waals surface area contributed by atoms with Gasteiger partial charge in [0, 0.05) is 0 Å².